The number of sulfonamides is 1. The predicted octanol–water partition coefficient (Wildman–Crippen LogP) is 1.75. The average molecular weight is 376 g/mol. The maximum absolute atomic E-state index is 13.8. The van der Waals surface area contributed by atoms with Gasteiger partial charge in [-0.15, -0.1) is 0 Å². The van der Waals surface area contributed by atoms with Crippen molar-refractivity contribution < 1.29 is 12.8 Å². The molecule has 2 aliphatic rings. The van der Waals surface area contributed by atoms with Crippen LogP contribution in [-0.2, 0) is 23.0 Å². The Morgan fingerprint density at radius 1 is 1.35 bits per heavy atom. The molecule has 1 fully saturated rings. The number of aryl methyl sites for hydroxylation is 1. The van der Waals surface area contributed by atoms with Crippen molar-refractivity contribution in [1.82, 2.24) is 19.6 Å². The molecule has 6 nitrogen and oxygen atoms in total. The molecule has 8 heteroatoms. The zero-order chi connectivity index (χ0) is 18.3. The maximum atomic E-state index is 13.8. The molecule has 26 heavy (non-hydrogen) atoms. The fraction of sp³-hybridized carbons (Fsp3) is 0.444. The molecule has 0 unspecified atom stereocenters. The summed E-state index contributed by atoms with van der Waals surface area (Å²) in [6, 6.07) is 4.06. The van der Waals surface area contributed by atoms with Gasteiger partial charge in [-0.1, -0.05) is 6.07 Å². The summed E-state index contributed by atoms with van der Waals surface area (Å²) < 4.78 is 40.8. The van der Waals surface area contributed by atoms with Crippen molar-refractivity contribution in [3.63, 3.8) is 0 Å². The number of hydrogen-bond acceptors (Lipinski definition) is 5. The van der Waals surface area contributed by atoms with Gasteiger partial charge in [-0.3, -0.25) is 0 Å². The molecule has 0 radical (unpaired) electrons. The fourth-order valence-electron chi connectivity index (χ4n) is 3.49. The topological polar surface area (TPSA) is 75.2 Å². The molecule has 0 saturated carbocycles. The van der Waals surface area contributed by atoms with E-state index in [1.165, 1.54) is 16.4 Å². The highest BCUT2D eigenvalue weighted by molar-refractivity contribution is 7.89. The third-order valence-corrected chi connectivity index (χ3v) is 6.99. The number of hydrogen-bond donors (Lipinski definition) is 1. The van der Waals surface area contributed by atoms with Crippen molar-refractivity contribution >= 4 is 10.0 Å². The van der Waals surface area contributed by atoms with Gasteiger partial charge < -0.3 is 5.32 Å². The van der Waals surface area contributed by atoms with E-state index in [0.717, 1.165) is 36.8 Å². The summed E-state index contributed by atoms with van der Waals surface area (Å²) in [4.78, 5) is 9.13. The van der Waals surface area contributed by atoms with E-state index in [9.17, 15) is 12.8 Å². The SMILES string of the molecule is Cc1ccc(S(=O)(=O)N2CC[C@@H](c3ncc4c(n3)CCNC4)C2)cc1F. The van der Waals surface area contributed by atoms with Gasteiger partial charge in [0.2, 0.25) is 10.0 Å². The summed E-state index contributed by atoms with van der Waals surface area (Å²) in [5, 5.41) is 3.29. The Bertz CT molecular complexity index is 948. The molecule has 138 valence electrons. The lowest BCUT2D eigenvalue weighted by Crippen LogP contribution is -2.29. The Morgan fingerprint density at radius 2 is 2.19 bits per heavy atom. The second kappa shape index (κ2) is 6.68. The molecule has 0 bridgehead atoms. The lowest BCUT2D eigenvalue weighted by Gasteiger charge is -2.19. The van der Waals surface area contributed by atoms with E-state index in [1.54, 1.807) is 6.92 Å². The van der Waals surface area contributed by atoms with Crippen molar-refractivity contribution in [3.8, 4) is 0 Å². The Balaban J connectivity index is 1.55. The fourth-order valence-corrected chi connectivity index (χ4v) is 5.00. The first-order valence-corrected chi connectivity index (χ1v) is 10.2. The van der Waals surface area contributed by atoms with Crippen molar-refractivity contribution in [2.75, 3.05) is 19.6 Å². The number of fused-ring (bicyclic) bond motifs is 1. The smallest absolute Gasteiger partial charge is 0.243 e. The number of benzene rings is 1. The van der Waals surface area contributed by atoms with Crippen molar-refractivity contribution in [2.45, 2.75) is 37.1 Å². The summed E-state index contributed by atoms with van der Waals surface area (Å²) in [5.41, 5.74) is 2.59. The second-order valence-electron chi connectivity index (χ2n) is 6.89. The molecule has 2 aliphatic heterocycles. The number of nitrogens with one attached hydrogen (secondary N) is 1. The van der Waals surface area contributed by atoms with Gasteiger partial charge >= 0.3 is 0 Å². The van der Waals surface area contributed by atoms with Gasteiger partial charge in [0.1, 0.15) is 11.6 Å². The van der Waals surface area contributed by atoms with Crippen LogP contribution in [0.3, 0.4) is 0 Å². The van der Waals surface area contributed by atoms with Gasteiger partial charge in [0.15, 0.2) is 0 Å². The quantitative estimate of drug-likeness (QED) is 0.883. The van der Waals surface area contributed by atoms with Crippen LogP contribution in [-0.4, -0.2) is 42.3 Å². The van der Waals surface area contributed by atoms with Crippen LogP contribution < -0.4 is 5.32 Å². The molecule has 2 aromatic rings. The Morgan fingerprint density at radius 3 is 3.00 bits per heavy atom. The average Bonchev–Trinajstić information content (AvgIpc) is 3.14. The van der Waals surface area contributed by atoms with E-state index in [2.05, 4.69) is 15.3 Å². The van der Waals surface area contributed by atoms with Crippen LogP contribution in [0, 0.1) is 12.7 Å². The van der Waals surface area contributed by atoms with E-state index in [0.29, 0.717) is 30.9 Å². The molecule has 0 aliphatic carbocycles. The Hall–Kier alpha value is -1.90. The van der Waals surface area contributed by atoms with E-state index in [-0.39, 0.29) is 10.8 Å². The minimum Gasteiger partial charge on any atom is -0.312 e. The van der Waals surface area contributed by atoms with Gasteiger partial charge in [0, 0.05) is 56.0 Å². The number of nitrogens with zero attached hydrogens (tertiary/aromatic N) is 3. The largest absolute Gasteiger partial charge is 0.312 e. The molecule has 1 saturated heterocycles. The van der Waals surface area contributed by atoms with Crippen LogP contribution in [0.5, 0.6) is 0 Å². The summed E-state index contributed by atoms with van der Waals surface area (Å²) in [6.45, 7) is 4.01. The summed E-state index contributed by atoms with van der Waals surface area (Å²) in [7, 11) is -3.71. The molecule has 1 aromatic heterocycles. The molecule has 0 amide bonds. The van der Waals surface area contributed by atoms with Gasteiger partial charge in [0.25, 0.3) is 0 Å². The first-order valence-electron chi connectivity index (χ1n) is 8.77. The molecular formula is C18H21FN4O2S. The van der Waals surface area contributed by atoms with Crippen molar-refractivity contribution in [2.24, 2.45) is 0 Å². The summed E-state index contributed by atoms with van der Waals surface area (Å²) >= 11 is 0. The van der Waals surface area contributed by atoms with Crippen LogP contribution in [0.25, 0.3) is 0 Å². The highest BCUT2D eigenvalue weighted by atomic mass is 32.2. The van der Waals surface area contributed by atoms with E-state index < -0.39 is 15.8 Å². The molecule has 1 atom stereocenters. The molecule has 3 heterocycles. The summed E-state index contributed by atoms with van der Waals surface area (Å²) in [5.74, 6) is 0.173. The predicted molar refractivity (Wildman–Crippen MR) is 94.7 cm³/mol. The standard InChI is InChI=1S/C18H21FN4O2S/c1-12-2-3-15(8-16(12)19)26(24,25)23-7-5-13(11-23)18-21-10-14-9-20-6-4-17(14)22-18/h2-3,8,10,13,20H,4-7,9,11H2,1H3/t13-/m1/s1. The zero-order valence-electron chi connectivity index (χ0n) is 14.6. The molecule has 0 spiro atoms. The van der Waals surface area contributed by atoms with Crippen LogP contribution in [0.15, 0.2) is 29.3 Å². The first kappa shape index (κ1) is 17.5. The number of halogens is 1. The van der Waals surface area contributed by atoms with E-state index in [4.69, 9.17) is 0 Å². The minimum atomic E-state index is -3.71. The van der Waals surface area contributed by atoms with Crippen LogP contribution in [0.2, 0.25) is 0 Å². The molecule has 1 aromatic carbocycles. The monoisotopic (exact) mass is 376 g/mol. The second-order valence-corrected chi connectivity index (χ2v) is 8.82. The highest BCUT2D eigenvalue weighted by Gasteiger charge is 2.35. The third kappa shape index (κ3) is 3.13. The normalized spacial score (nSPS) is 20.9. The van der Waals surface area contributed by atoms with Gasteiger partial charge in [0.05, 0.1) is 4.90 Å². The highest BCUT2D eigenvalue weighted by Crippen LogP contribution is 2.30. The van der Waals surface area contributed by atoms with E-state index in [1.807, 2.05) is 6.20 Å². The summed E-state index contributed by atoms with van der Waals surface area (Å²) in [6.07, 6.45) is 3.38. The Labute approximate surface area is 152 Å². The van der Waals surface area contributed by atoms with Crippen LogP contribution in [0.1, 0.15) is 35.0 Å². The van der Waals surface area contributed by atoms with E-state index >= 15 is 0 Å². The number of aromatic nitrogens is 2. The van der Waals surface area contributed by atoms with Crippen molar-refractivity contribution in [1.29, 1.82) is 0 Å². The lowest BCUT2D eigenvalue weighted by atomic mass is 10.1. The van der Waals surface area contributed by atoms with Gasteiger partial charge in [-0.05, 0) is 31.0 Å². The molecule has 1 N–H and O–H groups in total. The Kier molecular flexibility index (Phi) is 4.50. The zero-order valence-corrected chi connectivity index (χ0v) is 15.4. The lowest BCUT2D eigenvalue weighted by molar-refractivity contribution is 0.469. The molecular weight excluding hydrogens is 355 g/mol. The van der Waals surface area contributed by atoms with Gasteiger partial charge in [-0.25, -0.2) is 22.8 Å². The van der Waals surface area contributed by atoms with Crippen LogP contribution in [0.4, 0.5) is 4.39 Å². The minimum absolute atomic E-state index is 0.00122. The van der Waals surface area contributed by atoms with Crippen LogP contribution >= 0.6 is 0 Å². The van der Waals surface area contributed by atoms with Crippen molar-refractivity contribution in [3.05, 3.63) is 52.9 Å². The third-order valence-electron chi connectivity index (χ3n) is 5.12. The van der Waals surface area contributed by atoms with Gasteiger partial charge in [-0.2, -0.15) is 4.31 Å². The maximum Gasteiger partial charge on any atom is 0.243 e. The number of rotatable bonds is 3. The first-order chi connectivity index (χ1) is 12.4. The molecule has 4 rings (SSSR count).